The van der Waals surface area contributed by atoms with Gasteiger partial charge in [-0.2, -0.15) is 0 Å². The van der Waals surface area contributed by atoms with E-state index in [9.17, 15) is 4.79 Å². The second kappa shape index (κ2) is 6.37. The summed E-state index contributed by atoms with van der Waals surface area (Å²) < 4.78 is 1.39. The minimum Gasteiger partial charge on any atom is -0.481 e. The van der Waals surface area contributed by atoms with Crippen LogP contribution >= 0.6 is 46.0 Å². The number of nitrogens with one attached hydrogen (secondary N) is 1. The Kier molecular flexibility index (Phi) is 4.81. The predicted molar refractivity (Wildman–Crippen MR) is 74.9 cm³/mol. The van der Waals surface area contributed by atoms with Gasteiger partial charge >= 0.3 is 5.97 Å². The molecule has 0 aromatic carbocycles. The zero-order valence-corrected chi connectivity index (χ0v) is 12.1. The lowest BCUT2D eigenvalue weighted by Crippen LogP contribution is -1.96. The summed E-state index contributed by atoms with van der Waals surface area (Å²) in [4.78, 5) is 11.5. The molecule has 0 fully saturated rings. The van der Waals surface area contributed by atoms with E-state index in [0.717, 1.165) is 21.0 Å². The van der Waals surface area contributed by atoms with E-state index in [0.29, 0.717) is 16.0 Å². The number of anilines is 1. The van der Waals surface area contributed by atoms with Crippen LogP contribution in [0, 0.1) is 0 Å². The average molecular weight is 322 g/mol. The highest BCUT2D eigenvalue weighted by atomic mass is 35.5. The Labute approximate surface area is 120 Å². The van der Waals surface area contributed by atoms with Gasteiger partial charge in [-0.25, -0.2) is 0 Å². The maximum Gasteiger partial charge on any atom is 0.313 e. The molecule has 0 bridgehead atoms. The fraction of sp³-hybridized carbons (Fsp3) is 0.222. The molecule has 0 aliphatic heterocycles. The zero-order valence-electron chi connectivity index (χ0n) is 8.92. The molecule has 2 rings (SSSR count). The highest BCUT2D eigenvalue weighted by molar-refractivity contribution is 8.01. The maximum absolute atomic E-state index is 10.4. The standard InChI is InChI=1S/C9H8ClN3O2S3/c10-6-2-1-5(17-6)3-11-8-12-13-9(18-8)16-4-7(14)15/h1-2H,3-4H2,(H,11,12)(H,14,15). The number of carbonyl (C=O) groups is 1. The molecule has 2 N–H and O–H groups in total. The van der Waals surface area contributed by atoms with Crippen molar-refractivity contribution in [2.75, 3.05) is 11.1 Å². The largest absolute Gasteiger partial charge is 0.481 e. The van der Waals surface area contributed by atoms with E-state index in [1.54, 1.807) is 0 Å². The molecular weight excluding hydrogens is 314 g/mol. The molecule has 0 aliphatic rings. The normalized spacial score (nSPS) is 10.5. The van der Waals surface area contributed by atoms with Crippen LogP contribution in [0.3, 0.4) is 0 Å². The van der Waals surface area contributed by atoms with E-state index in [-0.39, 0.29) is 5.75 Å². The van der Waals surface area contributed by atoms with Gasteiger partial charge in [0.2, 0.25) is 5.13 Å². The number of nitrogens with zero attached hydrogens (tertiary/aromatic N) is 2. The Morgan fingerprint density at radius 2 is 2.28 bits per heavy atom. The molecule has 0 aliphatic carbocycles. The average Bonchev–Trinajstić information content (AvgIpc) is 2.93. The first-order valence-electron chi connectivity index (χ1n) is 4.79. The number of carboxylic acids is 1. The molecule has 0 atom stereocenters. The molecular formula is C9H8ClN3O2S3. The van der Waals surface area contributed by atoms with Gasteiger partial charge in [-0.1, -0.05) is 34.7 Å². The Hall–Kier alpha value is -0.830. The Morgan fingerprint density at radius 3 is 2.94 bits per heavy atom. The summed E-state index contributed by atoms with van der Waals surface area (Å²) in [5.74, 6) is -0.868. The molecule has 9 heteroatoms. The number of rotatable bonds is 6. The molecule has 96 valence electrons. The second-order valence-electron chi connectivity index (χ2n) is 3.11. The number of aliphatic carboxylic acids is 1. The first-order valence-corrected chi connectivity index (χ1v) is 7.79. The van der Waals surface area contributed by atoms with Crippen LogP contribution in [0.4, 0.5) is 5.13 Å². The summed E-state index contributed by atoms with van der Waals surface area (Å²) in [6.45, 7) is 0.635. The molecule has 0 spiro atoms. The molecule has 2 aromatic rings. The van der Waals surface area contributed by atoms with Crippen LogP contribution in [-0.2, 0) is 11.3 Å². The molecule has 5 nitrogen and oxygen atoms in total. The number of thioether (sulfide) groups is 1. The van der Waals surface area contributed by atoms with Crippen LogP contribution in [0.1, 0.15) is 4.88 Å². The molecule has 0 unspecified atom stereocenters. The van der Waals surface area contributed by atoms with Crippen molar-refractivity contribution in [1.29, 1.82) is 0 Å². The topological polar surface area (TPSA) is 75.1 Å². The van der Waals surface area contributed by atoms with Crippen LogP contribution < -0.4 is 5.32 Å². The summed E-state index contributed by atoms with van der Waals surface area (Å²) in [6, 6.07) is 3.79. The van der Waals surface area contributed by atoms with E-state index < -0.39 is 5.97 Å². The van der Waals surface area contributed by atoms with Crippen molar-refractivity contribution in [3.05, 3.63) is 21.3 Å². The first-order chi connectivity index (χ1) is 8.63. The van der Waals surface area contributed by atoms with Gasteiger partial charge in [-0.05, 0) is 12.1 Å². The maximum atomic E-state index is 10.4. The van der Waals surface area contributed by atoms with E-state index >= 15 is 0 Å². The van der Waals surface area contributed by atoms with Crippen LogP contribution in [0.2, 0.25) is 4.34 Å². The fourth-order valence-electron chi connectivity index (χ4n) is 1.07. The number of thiophene rings is 1. The Morgan fingerprint density at radius 1 is 1.44 bits per heavy atom. The smallest absolute Gasteiger partial charge is 0.313 e. The molecule has 18 heavy (non-hydrogen) atoms. The van der Waals surface area contributed by atoms with Crippen molar-refractivity contribution in [2.45, 2.75) is 10.9 Å². The van der Waals surface area contributed by atoms with Crippen molar-refractivity contribution >= 4 is 57.1 Å². The lowest BCUT2D eigenvalue weighted by molar-refractivity contribution is -0.133. The third-order valence-electron chi connectivity index (χ3n) is 1.77. The third kappa shape index (κ3) is 4.13. The van der Waals surface area contributed by atoms with Crippen molar-refractivity contribution in [1.82, 2.24) is 10.2 Å². The van der Waals surface area contributed by atoms with Gasteiger partial charge in [-0.15, -0.1) is 21.5 Å². The summed E-state index contributed by atoms with van der Waals surface area (Å²) >= 11 is 9.83. The van der Waals surface area contributed by atoms with E-state index in [4.69, 9.17) is 16.7 Å². The number of hydrogen-bond donors (Lipinski definition) is 2. The van der Waals surface area contributed by atoms with Gasteiger partial charge in [0.25, 0.3) is 0 Å². The number of aromatic nitrogens is 2. The summed E-state index contributed by atoms with van der Waals surface area (Å²) in [6.07, 6.45) is 0. The van der Waals surface area contributed by atoms with Gasteiger partial charge < -0.3 is 10.4 Å². The van der Waals surface area contributed by atoms with Crippen molar-refractivity contribution in [2.24, 2.45) is 0 Å². The van der Waals surface area contributed by atoms with Gasteiger partial charge in [-0.3, -0.25) is 4.79 Å². The summed E-state index contributed by atoms with van der Waals surface area (Å²) in [7, 11) is 0. The van der Waals surface area contributed by atoms with Crippen LogP contribution in [0.5, 0.6) is 0 Å². The lowest BCUT2D eigenvalue weighted by Gasteiger charge is -1.97. The SMILES string of the molecule is O=C(O)CSc1nnc(NCc2ccc(Cl)s2)s1. The monoisotopic (exact) mass is 321 g/mol. The minimum atomic E-state index is -0.863. The highest BCUT2D eigenvalue weighted by Crippen LogP contribution is 2.27. The summed E-state index contributed by atoms with van der Waals surface area (Å²) in [5, 5.41) is 20.2. The number of halogens is 1. The van der Waals surface area contributed by atoms with Gasteiger partial charge in [0, 0.05) is 4.88 Å². The van der Waals surface area contributed by atoms with Crippen LogP contribution in [0.15, 0.2) is 16.5 Å². The molecule has 0 saturated carbocycles. The highest BCUT2D eigenvalue weighted by Gasteiger charge is 2.07. The number of carboxylic acid groups (broad SMARTS) is 1. The van der Waals surface area contributed by atoms with Crippen molar-refractivity contribution < 1.29 is 9.90 Å². The van der Waals surface area contributed by atoms with Gasteiger partial charge in [0.05, 0.1) is 16.6 Å². The first kappa shape index (κ1) is 13.6. The molecule has 0 saturated heterocycles. The van der Waals surface area contributed by atoms with E-state index in [1.807, 2.05) is 12.1 Å². The Balaban J connectivity index is 1.84. The van der Waals surface area contributed by atoms with Crippen LogP contribution in [0.25, 0.3) is 0 Å². The molecule has 0 amide bonds. The summed E-state index contributed by atoms with van der Waals surface area (Å²) in [5.41, 5.74) is 0. The van der Waals surface area contributed by atoms with Crippen LogP contribution in [-0.4, -0.2) is 27.0 Å². The number of hydrogen-bond acceptors (Lipinski definition) is 7. The van der Waals surface area contributed by atoms with Gasteiger partial charge in [0.15, 0.2) is 4.34 Å². The van der Waals surface area contributed by atoms with E-state index in [1.165, 1.54) is 22.7 Å². The van der Waals surface area contributed by atoms with E-state index in [2.05, 4.69) is 15.5 Å². The third-order valence-corrected chi connectivity index (χ3v) is 5.00. The van der Waals surface area contributed by atoms with Crippen molar-refractivity contribution in [3.8, 4) is 0 Å². The molecule has 2 aromatic heterocycles. The van der Waals surface area contributed by atoms with Crippen molar-refractivity contribution in [3.63, 3.8) is 0 Å². The zero-order chi connectivity index (χ0) is 13.0. The molecule has 2 heterocycles. The predicted octanol–water partition coefficient (Wildman–Crippen LogP) is 3.04. The quantitative estimate of drug-likeness (QED) is 0.796. The van der Waals surface area contributed by atoms with Gasteiger partial charge in [0.1, 0.15) is 0 Å². The fourth-order valence-corrected chi connectivity index (χ4v) is 3.57. The lowest BCUT2D eigenvalue weighted by atomic mass is 10.5. The minimum absolute atomic E-state index is 0.00480. The Bertz CT molecular complexity index is 543. The second-order valence-corrected chi connectivity index (χ2v) is 7.11. The molecule has 0 radical (unpaired) electrons.